The van der Waals surface area contributed by atoms with E-state index in [0.717, 1.165) is 5.56 Å². The third kappa shape index (κ3) is 5.87. The van der Waals surface area contributed by atoms with Gasteiger partial charge in [-0.3, -0.25) is 38.3 Å². The van der Waals surface area contributed by atoms with Gasteiger partial charge in [-0.15, -0.1) is 0 Å². The number of imide groups is 1. The number of aryl methyl sites for hydroxylation is 1. The number of carbonyl (C=O) groups is 4. The number of fused-ring (bicyclic) bond motifs is 2. The summed E-state index contributed by atoms with van der Waals surface area (Å²) in [4.78, 5) is 64.2. The van der Waals surface area contributed by atoms with E-state index in [1.807, 2.05) is 18.2 Å². The second-order valence-corrected chi connectivity index (χ2v) is 15.1. The molecule has 3 N–H and O–H groups in total. The molecule has 2 aromatic heterocycles. The highest BCUT2D eigenvalue weighted by Gasteiger charge is 2.38. The lowest BCUT2D eigenvalue weighted by Crippen LogP contribution is -2.44. The van der Waals surface area contributed by atoms with Crippen LogP contribution in [0.4, 0.5) is 10.1 Å². The van der Waals surface area contributed by atoms with Gasteiger partial charge in [-0.05, 0) is 66.0 Å². The maximum Gasteiger partial charge on any atom is 0.329 e. The summed E-state index contributed by atoms with van der Waals surface area (Å²) in [5.41, 5.74) is 2.48. The number of hydrogen-bond acceptors (Lipinski definition) is 9. The number of piperidine rings is 2. The van der Waals surface area contributed by atoms with Crippen molar-refractivity contribution in [1.82, 2.24) is 33.9 Å². The van der Waals surface area contributed by atoms with E-state index in [4.69, 9.17) is 0 Å². The van der Waals surface area contributed by atoms with Gasteiger partial charge in [0.05, 0.1) is 17.2 Å². The van der Waals surface area contributed by atoms with Crippen LogP contribution in [0.5, 0.6) is 5.75 Å². The van der Waals surface area contributed by atoms with Crippen molar-refractivity contribution >= 4 is 61.3 Å². The Morgan fingerprint density at radius 3 is 2.47 bits per heavy atom. The number of phenols is 1. The summed E-state index contributed by atoms with van der Waals surface area (Å²) in [6.07, 6.45) is 5.00. The minimum Gasteiger partial charge on any atom is -0.506 e. The van der Waals surface area contributed by atoms with Crippen molar-refractivity contribution in [3.8, 4) is 16.9 Å². The molecular weight excluding hydrogens is 711 g/mol. The van der Waals surface area contributed by atoms with Crippen LogP contribution >= 0.6 is 0 Å². The Kier molecular flexibility index (Phi) is 8.08. The van der Waals surface area contributed by atoms with Gasteiger partial charge in [0.15, 0.2) is 5.82 Å². The maximum atomic E-state index is 15.8. The fraction of sp³-hybridized carbons (Fsp3) is 0.314. The van der Waals surface area contributed by atoms with E-state index in [-0.39, 0.29) is 48.2 Å². The summed E-state index contributed by atoms with van der Waals surface area (Å²) in [7, 11) is -2.71. The number of amides is 4. The highest BCUT2D eigenvalue weighted by molar-refractivity contribution is 7.92. The van der Waals surface area contributed by atoms with Crippen LogP contribution in [-0.2, 0) is 43.0 Å². The van der Waals surface area contributed by atoms with Gasteiger partial charge in [-0.2, -0.15) is 13.5 Å². The Labute approximate surface area is 300 Å². The maximum absolute atomic E-state index is 15.8. The van der Waals surface area contributed by atoms with Gasteiger partial charge in [0.25, 0.3) is 5.91 Å². The Hall–Kier alpha value is -6.04. The number of phenolic OH excluding ortho intramolecular Hbond substituents is 1. The number of likely N-dealkylation sites (tertiary alicyclic amines) is 1. The molecule has 5 heterocycles. The first kappa shape index (κ1) is 34.1. The molecule has 4 amide bonds. The van der Waals surface area contributed by atoms with E-state index < -0.39 is 51.9 Å². The van der Waals surface area contributed by atoms with Crippen molar-refractivity contribution in [2.75, 3.05) is 23.9 Å². The molecule has 53 heavy (non-hydrogen) atoms. The van der Waals surface area contributed by atoms with Gasteiger partial charge in [0, 0.05) is 43.7 Å². The molecule has 0 spiro atoms. The highest BCUT2D eigenvalue weighted by Crippen LogP contribution is 2.39. The zero-order chi connectivity index (χ0) is 37.3. The second-order valence-electron chi connectivity index (χ2n) is 13.5. The standard InChI is InChI=1S/C35H33FN8O8S/c1-40-27-13-21(4-5-25(27)44(35(40)50)26-6-7-29(46)38-34(26)49)19-8-10-41(11-9-19)31(48)18-42-16-23(15-37-42)20-2-3-22-14-28(45)33(32(36)24(22)12-20)43-17-30(47)39-53(43,51)52/h2-5,12-16,19,26,45H,6-11,17-18H2,1H3,(H,39,47)(H,38,46,49). The molecule has 3 fully saturated rings. The van der Waals surface area contributed by atoms with E-state index in [1.54, 1.807) is 35.0 Å². The Balaban J connectivity index is 0.942. The largest absolute Gasteiger partial charge is 0.506 e. The van der Waals surface area contributed by atoms with Crippen LogP contribution < -0.4 is 20.0 Å². The third-order valence-electron chi connectivity index (χ3n) is 10.3. The molecule has 274 valence electrons. The van der Waals surface area contributed by atoms with Gasteiger partial charge >= 0.3 is 15.9 Å². The lowest BCUT2D eigenvalue weighted by atomic mass is 9.89. The lowest BCUT2D eigenvalue weighted by Gasteiger charge is -2.32. The van der Waals surface area contributed by atoms with E-state index in [2.05, 4.69) is 10.4 Å². The first-order valence-electron chi connectivity index (χ1n) is 16.9. The van der Waals surface area contributed by atoms with Crippen molar-refractivity contribution in [2.45, 2.75) is 44.2 Å². The molecule has 16 nitrogen and oxygen atoms in total. The van der Waals surface area contributed by atoms with Crippen LogP contribution in [0.15, 0.2) is 59.7 Å². The minimum absolute atomic E-state index is 0.0183. The van der Waals surface area contributed by atoms with Crippen molar-refractivity contribution in [2.24, 2.45) is 7.05 Å². The van der Waals surface area contributed by atoms with E-state index in [9.17, 15) is 37.5 Å². The zero-order valence-electron chi connectivity index (χ0n) is 28.3. The predicted molar refractivity (Wildman–Crippen MR) is 188 cm³/mol. The quantitative estimate of drug-likeness (QED) is 0.217. The number of hydrogen-bond donors (Lipinski definition) is 3. The summed E-state index contributed by atoms with van der Waals surface area (Å²) in [5, 5.41) is 17.5. The number of aromatic nitrogens is 4. The van der Waals surface area contributed by atoms with Gasteiger partial charge < -0.3 is 10.0 Å². The number of nitrogens with zero attached hydrogens (tertiary/aromatic N) is 6. The van der Waals surface area contributed by atoms with Gasteiger partial charge in [-0.25, -0.2) is 18.2 Å². The van der Waals surface area contributed by atoms with E-state index >= 15 is 4.39 Å². The number of nitrogens with one attached hydrogen (secondary N) is 2. The summed E-state index contributed by atoms with van der Waals surface area (Å²) < 4.78 is 47.2. The molecule has 18 heteroatoms. The number of aromatic hydroxyl groups is 1. The van der Waals surface area contributed by atoms with Gasteiger partial charge in [-0.1, -0.05) is 18.2 Å². The van der Waals surface area contributed by atoms with Gasteiger partial charge in [0.2, 0.25) is 17.7 Å². The lowest BCUT2D eigenvalue weighted by molar-refractivity contribution is -0.136. The number of imidazole rings is 1. The van der Waals surface area contributed by atoms with Crippen molar-refractivity contribution < 1.29 is 37.1 Å². The zero-order valence-corrected chi connectivity index (χ0v) is 29.1. The normalized spacial score (nSPS) is 19.3. The fourth-order valence-corrected chi connectivity index (χ4v) is 8.72. The molecule has 1 atom stereocenters. The van der Waals surface area contributed by atoms with Crippen molar-refractivity contribution in [1.29, 1.82) is 0 Å². The third-order valence-corrected chi connectivity index (χ3v) is 11.7. The van der Waals surface area contributed by atoms with Crippen LogP contribution in [0, 0.1) is 5.82 Å². The number of carbonyl (C=O) groups excluding carboxylic acids is 4. The van der Waals surface area contributed by atoms with Crippen LogP contribution in [-0.4, -0.2) is 80.6 Å². The summed E-state index contributed by atoms with van der Waals surface area (Å²) in [6, 6.07) is 11.0. The molecule has 3 aromatic carbocycles. The number of rotatable bonds is 6. The highest BCUT2D eigenvalue weighted by atomic mass is 32.2. The molecule has 0 radical (unpaired) electrons. The SMILES string of the molecule is Cn1c(=O)n(C2CCC(=O)NC2=O)c2ccc(C3CCN(C(=O)Cn4cc(-c5ccc6cc(O)c(N7CC(=O)NS7(=O)=O)c(F)c6c5)cn4)CC3)cc21. The molecule has 0 aliphatic carbocycles. The smallest absolute Gasteiger partial charge is 0.329 e. The molecule has 5 aromatic rings. The van der Waals surface area contributed by atoms with Crippen LogP contribution in [0.1, 0.15) is 43.2 Å². The Bertz CT molecular complexity index is 2570. The topological polar surface area (TPSA) is 198 Å². The molecule has 0 saturated carbocycles. The average molecular weight is 745 g/mol. The summed E-state index contributed by atoms with van der Waals surface area (Å²) in [6.45, 7) is 0.329. The predicted octanol–water partition coefficient (Wildman–Crippen LogP) is 1.77. The Morgan fingerprint density at radius 2 is 1.75 bits per heavy atom. The average Bonchev–Trinajstić information content (AvgIpc) is 3.77. The van der Waals surface area contributed by atoms with E-state index in [1.165, 1.54) is 32.1 Å². The first-order chi connectivity index (χ1) is 25.3. The number of halogens is 1. The minimum atomic E-state index is -4.36. The van der Waals surface area contributed by atoms with Crippen molar-refractivity contribution in [3.63, 3.8) is 0 Å². The molecular formula is C35H33FN8O8S. The molecule has 0 bridgehead atoms. The molecule has 3 aliphatic rings. The molecule has 3 saturated heterocycles. The number of benzene rings is 3. The number of anilines is 1. The molecule has 1 unspecified atom stereocenters. The molecule has 3 aliphatic heterocycles. The Morgan fingerprint density at radius 1 is 0.981 bits per heavy atom. The second kappa shape index (κ2) is 12.6. The van der Waals surface area contributed by atoms with E-state index in [0.29, 0.717) is 57.8 Å². The first-order valence-corrected chi connectivity index (χ1v) is 18.4. The summed E-state index contributed by atoms with van der Waals surface area (Å²) in [5.74, 6) is -3.31. The summed E-state index contributed by atoms with van der Waals surface area (Å²) >= 11 is 0. The fourth-order valence-electron chi connectivity index (χ4n) is 7.55. The van der Waals surface area contributed by atoms with Crippen LogP contribution in [0.3, 0.4) is 0 Å². The molecule has 8 rings (SSSR count). The monoisotopic (exact) mass is 744 g/mol. The van der Waals surface area contributed by atoms with Crippen LogP contribution in [0.25, 0.3) is 32.9 Å². The van der Waals surface area contributed by atoms with Gasteiger partial charge in [0.1, 0.15) is 30.6 Å². The van der Waals surface area contributed by atoms with Crippen LogP contribution in [0.2, 0.25) is 0 Å². The van der Waals surface area contributed by atoms with Crippen molar-refractivity contribution in [3.05, 3.63) is 76.7 Å².